The number of benzene rings is 2. The molecule has 0 atom stereocenters. The van der Waals surface area contributed by atoms with Crippen LogP contribution in [0.2, 0.25) is 0 Å². The lowest BCUT2D eigenvalue weighted by Crippen LogP contribution is -2.19. The number of nitrogens with one attached hydrogen (secondary N) is 2. The fraction of sp³-hybridized carbons (Fsp3) is 0.100. The van der Waals surface area contributed by atoms with E-state index in [1.54, 1.807) is 31.2 Å². The fourth-order valence-electron chi connectivity index (χ4n) is 2.48. The van der Waals surface area contributed by atoms with E-state index in [0.29, 0.717) is 5.75 Å². The maximum atomic E-state index is 12.7. The van der Waals surface area contributed by atoms with E-state index < -0.39 is 23.6 Å². The number of hydrogen-bond donors (Lipinski definition) is 2. The Morgan fingerprint density at radius 3 is 2.48 bits per heavy atom. The molecule has 150 valence electrons. The zero-order valence-electron chi connectivity index (χ0n) is 15.0. The number of H-pyrrole nitrogens is 1. The molecule has 3 rings (SSSR count). The molecule has 29 heavy (non-hydrogen) atoms. The minimum Gasteiger partial charge on any atom is -0.456 e. The number of para-hydroxylation sites is 1. The van der Waals surface area contributed by atoms with E-state index in [1.165, 1.54) is 18.3 Å². The largest absolute Gasteiger partial charge is 0.573 e. The first-order valence-corrected chi connectivity index (χ1v) is 8.35. The van der Waals surface area contributed by atoms with Gasteiger partial charge >= 0.3 is 6.36 Å². The number of anilines is 1. The molecule has 1 amide bonds. The molecule has 6 nitrogen and oxygen atoms in total. The average Bonchev–Trinajstić information content (AvgIpc) is 2.63. The zero-order valence-corrected chi connectivity index (χ0v) is 15.0. The summed E-state index contributed by atoms with van der Waals surface area (Å²) in [6.45, 7) is 1.78. The van der Waals surface area contributed by atoms with Crippen molar-refractivity contribution in [1.29, 1.82) is 0 Å². The Morgan fingerprint density at radius 1 is 1.03 bits per heavy atom. The zero-order chi connectivity index (χ0) is 21.0. The van der Waals surface area contributed by atoms with Crippen molar-refractivity contribution in [1.82, 2.24) is 4.98 Å². The second-order valence-corrected chi connectivity index (χ2v) is 5.97. The number of ether oxygens (including phenoxy) is 2. The molecular formula is C20H15F3N2O4. The van der Waals surface area contributed by atoms with E-state index in [2.05, 4.69) is 15.0 Å². The van der Waals surface area contributed by atoms with Crippen LogP contribution in [-0.4, -0.2) is 17.3 Å². The highest BCUT2D eigenvalue weighted by molar-refractivity contribution is 6.06. The van der Waals surface area contributed by atoms with Gasteiger partial charge in [0.1, 0.15) is 17.2 Å². The van der Waals surface area contributed by atoms with Crippen LogP contribution in [0.3, 0.4) is 0 Å². The molecule has 9 heteroatoms. The van der Waals surface area contributed by atoms with E-state index in [4.69, 9.17) is 4.74 Å². The number of hydrogen-bond acceptors (Lipinski definition) is 4. The van der Waals surface area contributed by atoms with Gasteiger partial charge in [0.25, 0.3) is 5.91 Å². The van der Waals surface area contributed by atoms with Gasteiger partial charge in [-0.25, -0.2) is 0 Å². The van der Waals surface area contributed by atoms with E-state index in [9.17, 15) is 22.8 Å². The first kappa shape index (κ1) is 20.0. The van der Waals surface area contributed by atoms with Crippen LogP contribution in [0.15, 0.2) is 65.6 Å². The van der Waals surface area contributed by atoms with Crippen molar-refractivity contribution in [3.63, 3.8) is 0 Å². The monoisotopic (exact) mass is 404 g/mol. The predicted molar refractivity (Wildman–Crippen MR) is 99.4 cm³/mol. The predicted octanol–water partition coefficient (Wildman–Crippen LogP) is 4.63. The summed E-state index contributed by atoms with van der Waals surface area (Å²) in [5, 5.41) is 2.45. The van der Waals surface area contributed by atoms with E-state index >= 15 is 0 Å². The van der Waals surface area contributed by atoms with Gasteiger partial charge in [0.05, 0.1) is 5.56 Å². The molecule has 0 aliphatic rings. The maximum absolute atomic E-state index is 12.7. The summed E-state index contributed by atoms with van der Waals surface area (Å²) in [7, 11) is 0. The Balaban J connectivity index is 1.97. The Hall–Kier alpha value is -3.75. The summed E-state index contributed by atoms with van der Waals surface area (Å²) in [4.78, 5) is 26.5. The molecular weight excluding hydrogens is 389 g/mol. The molecule has 0 unspecified atom stereocenters. The molecule has 0 spiro atoms. The SMILES string of the molecule is Cc1ccccc1Oc1ccc(OC(F)(F)F)cc1C(=O)Nc1cc[nH]c(=O)c1. The Bertz CT molecular complexity index is 1090. The number of aromatic amines is 1. The van der Waals surface area contributed by atoms with Gasteiger partial charge in [-0.3, -0.25) is 9.59 Å². The first-order chi connectivity index (χ1) is 13.7. The quantitative estimate of drug-likeness (QED) is 0.650. The number of rotatable bonds is 5. The number of carbonyl (C=O) groups is 1. The number of pyridine rings is 1. The molecule has 1 heterocycles. The van der Waals surface area contributed by atoms with Crippen LogP contribution < -0.4 is 20.3 Å². The fourth-order valence-corrected chi connectivity index (χ4v) is 2.48. The van der Waals surface area contributed by atoms with Crippen LogP contribution >= 0.6 is 0 Å². The first-order valence-electron chi connectivity index (χ1n) is 8.35. The third-order valence-electron chi connectivity index (χ3n) is 3.78. The van der Waals surface area contributed by atoms with Crippen LogP contribution in [-0.2, 0) is 0 Å². The average molecular weight is 404 g/mol. The standard InChI is InChI=1S/C20H15F3N2O4/c1-12-4-2-3-5-16(12)28-17-7-6-14(29-20(21,22)23)11-15(17)19(27)25-13-8-9-24-18(26)10-13/h2-11H,1H3,(H2,24,25,26,27). The maximum Gasteiger partial charge on any atom is 0.573 e. The van der Waals surface area contributed by atoms with Gasteiger partial charge in [0.2, 0.25) is 5.56 Å². The Morgan fingerprint density at radius 2 is 1.79 bits per heavy atom. The molecule has 0 aliphatic heterocycles. The van der Waals surface area contributed by atoms with Gasteiger partial charge in [0, 0.05) is 18.0 Å². The highest BCUT2D eigenvalue weighted by atomic mass is 19.4. The number of aromatic nitrogens is 1. The highest BCUT2D eigenvalue weighted by Gasteiger charge is 2.31. The third-order valence-corrected chi connectivity index (χ3v) is 3.78. The minimum absolute atomic E-state index is 0.0242. The molecule has 0 radical (unpaired) electrons. The summed E-state index contributed by atoms with van der Waals surface area (Å²) < 4.78 is 47.4. The number of amides is 1. The lowest BCUT2D eigenvalue weighted by atomic mass is 10.1. The third kappa shape index (κ3) is 5.38. The number of halogens is 3. The molecule has 0 aliphatic carbocycles. The van der Waals surface area contributed by atoms with Crippen molar-refractivity contribution >= 4 is 11.6 Å². The molecule has 1 aromatic heterocycles. The normalized spacial score (nSPS) is 11.0. The molecule has 0 saturated carbocycles. The van der Waals surface area contributed by atoms with Gasteiger partial charge in [-0.05, 0) is 42.8 Å². The van der Waals surface area contributed by atoms with E-state index in [-0.39, 0.29) is 17.0 Å². The molecule has 3 aromatic rings. The van der Waals surface area contributed by atoms with Gasteiger partial charge < -0.3 is 19.8 Å². The number of alkyl halides is 3. The molecule has 0 bridgehead atoms. The lowest BCUT2D eigenvalue weighted by Gasteiger charge is -2.15. The lowest BCUT2D eigenvalue weighted by molar-refractivity contribution is -0.274. The van der Waals surface area contributed by atoms with Crippen molar-refractivity contribution < 1.29 is 27.4 Å². The molecule has 2 N–H and O–H groups in total. The van der Waals surface area contributed by atoms with Gasteiger partial charge in [-0.15, -0.1) is 13.2 Å². The molecule has 0 fully saturated rings. The number of carbonyl (C=O) groups excluding carboxylic acids is 1. The van der Waals surface area contributed by atoms with Crippen molar-refractivity contribution in [2.75, 3.05) is 5.32 Å². The summed E-state index contributed by atoms with van der Waals surface area (Å²) in [6.07, 6.45) is -3.59. The highest BCUT2D eigenvalue weighted by Crippen LogP contribution is 2.33. The van der Waals surface area contributed by atoms with Crippen molar-refractivity contribution in [2.24, 2.45) is 0 Å². The Kier molecular flexibility index (Phi) is 5.58. The summed E-state index contributed by atoms with van der Waals surface area (Å²) >= 11 is 0. The van der Waals surface area contributed by atoms with Crippen molar-refractivity contribution in [2.45, 2.75) is 13.3 Å². The van der Waals surface area contributed by atoms with Crippen LogP contribution in [0.4, 0.5) is 18.9 Å². The van der Waals surface area contributed by atoms with Gasteiger partial charge in [-0.1, -0.05) is 18.2 Å². The van der Waals surface area contributed by atoms with Crippen LogP contribution in [0.5, 0.6) is 17.2 Å². The van der Waals surface area contributed by atoms with Gasteiger partial charge in [-0.2, -0.15) is 0 Å². The smallest absolute Gasteiger partial charge is 0.456 e. The topological polar surface area (TPSA) is 80.4 Å². The van der Waals surface area contributed by atoms with E-state index in [0.717, 1.165) is 23.8 Å². The second kappa shape index (κ2) is 8.09. The van der Waals surface area contributed by atoms with Crippen molar-refractivity contribution in [3.05, 3.63) is 82.3 Å². The summed E-state index contributed by atoms with van der Waals surface area (Å²) in [6, 6.07) is 12.7. The molecule has 0 saturated heterocycles. The van der Waals surface area contributed by atoms with Crippen LogP contribution in [0, 0.1) is 6.92 Å². The molecule has 2 aromatic carbocycles. The van der Waals surface area contributed by atoms with Crippen LogP contribution in [0.25, 0.3) is 0 Å². The second-order valence-electron chi connectivity index (χ2n) is 5.97. The van der Waals surface area contributed by atoms with E-state index in [1.807, 2.05) is 0 Å². The summed E-state index contributed by atoms with van der Waals surface area (Å²) in [5.74, 6) is -0.893. The Labute approximate surface area is 162 Å². The van der Waals surface area contributed by atoms with Crippen molar-refractivity contribution in [3.8, 4) is 17.2 Å². The van der Waals surface area contributed by atoms with Gasteiger partial charge in [0.15, 0.2) is 0 Å². The number of aryl methyl sites for hydroxylation is 1. The summed E-state index contributed by atoms with van der Waals surface area (Å²) in [5.41, 5.74) is 0.287. The van der Waals surface area contributed by atoms with Crippen LogP contribution in [0.1, 0.15) is 15.9 Å². The minimum atomic E-state index is -4.92.